The molecule has 104 heavy (non-hydrogen) atoms. The van der Waals surface area contributed by atoms with Crippen LogP contribution in [-0.4, -0.2) is 84.5 Å². The van der Waals surface area contributed by atoms with Crippen LogP contribution < -0.4 is 41.3 Å². The number of phenols is 1. The summed E-state index contributed by atoms with van der Waals surface area (Å²) in [6.07, 6.45) is 15.4. The number of allylic oxidation sites excluding steroid dienone is 1. The molecular weight excluding hydrogens is 1290 g/mol. The fourth-order valence-corrected chi connectivity index (χ4v) is 21.2. The first kappa shape index (κ1) is 64.4. The average molecular weight is 1380 g/mol. The first-order valence-corrected chi connectivity index (χ1v) is 37.3. The summed E-state index contributed by atoms with van der Waals surface area (Å²) in [4.78, 5) is 28.0. The van der Waals surface area contributed by atoms with Crippen molar-refractivity contribution in [2.75, 3.05) is 44.9 Å². The summed E-state index contributed by atoms with van der Waals surface area (Å²) in [5.41, 5.74) is 24.6. The number of guanidine groups is 1. The van der Waals surface area contributed by atoms with Crippen LogP contribution in [0.15, 0.2) is 178 Å². The lowest BCUT2D eigenvalue weighted by atomic mass is 9.59. The Labute approximate surface area is 604 Å². The molecule has 3 saturated carbocycles. The van der Waals surface area contributed by atoms with Gasteiger partial charge in [-0.3, -0.25) is 4.79 Å². The number of H-pyrrole nitrogens is 1. The van der Waals surface area contributed by atoms with Crippen LogP contribution in [0.4, 0.5) is 11.5 Å². The number of rotatable bonds is 10. The number of aromatic amines is 1. The summed E-state index contributed by atoms with van der Waals surface area (Å²) < 4.78 is 28.1. The van der Waals surface area contributed by atoms with Gasteiger partial charge in [-0.25, -0.2) is 4.99 Å². The fourth-order valence-electron chi connectivity index (χ4n) is 21.2. The third-order valence-electron chi connectivity index (χ3n) is 25.8. The number of aromatic hydroxyl groups is 1. The molecule has 14 heteroatoms. The van der Waals surface area contributed by atoms with Crippen LogP contribution in [0.25, 0.3) is 67.1 Å². The number of methoxy groups -OCH3 is 1. The van der Waals surface area contributed by atoms with Crippen molar-refractivity contribution < 1.29 is 33.9 Å². The van der Waals surface area contributed by atoms with Gasteiger partial charge in [0.15, 0.2) is 28.5 Å². The molecule has 10 aliphatic rings. The van der Waals surface area contributed by atoms with Crippen LogP contribution in [0.1, 0.15) is 108 Å². The second-order valence-corrected chi connectivity index (χ2v) is 31.1. The molecule has 14 bridgehead atoms. The van der Waals surface area contributed by atoms with Crippen LogP contribution in [0.3, 0.4) is 0 Å². The van der Waals surface area contributed by atoms with E-state index in [1.807, 2.05) is 36.4 Å². The number of aliphatic imine (C=N–C) groups is 1. The number of aryl methyl sites for hydroxylation is 1. The molecule has 20 rings (SSSR count). The maximum atomic E-state index is 15.7. The van der Waals surface area contributed by atoms with Crippen molar-refractivity contribution in [3.8, 4) is 69.1 Å². The maximum Gasteiger partial charge on any atom is 0.204 e. The summed E-state index contributed by atoms with van der Waals surface area (Å²) in [6, 6.07) is 51.1. The Hall–Kier alpha value is -10.5. The van der Waals surface area contributed by atoms with Crippen LogP contribution in [-0.2, 0) is 35.5 Å². The Morgan fingerprint density at radius 2 is 1.71 bits per heavy atom. The van der Waals surface area contributed by atoms with Gasteiger partial charge in [0.1, 0.15) is 22.7 Å². The molecule has 4 fully saturated rings. The van der Waals surface area contributed by atoms with Gasteiger partial charge in [-0.2, -0.15) is 0 Å². The van der Waals surface area contributed by atoms with E-state index in [0.29, 0.717) is 54.6 Å². The quantitative estimate of drug-likeness (QED) is 0.0295. The van der Waals surface area contributed by atoms with E-state index in [2.05, 4.69) is 149 Å². The molecule has 0 amide bonds. The minimum Gasteiger partial charge on any atom is -0.508 e. The van der Waals surface area contributed by atoms with E-state index < -0.39 is 46.3 Å². The molecule has 13 atom stereocenters. The summed E-state index contributed by atoms with van der Waals surface area (Å²) >= 11 is 0. The van der Waals surface area contributed by atoms with E-state index >= 15 is 4.79 Å². The first-order valence-electron chi connectivity index (χ1n) is 37.3. The van der Waals surface area contributed by atoms with Gasteiger partial charge in [0.25, 0.3) is 0 Å². The topological polar surface area (TPSA) is 214 Å². The Bertz CT molecular complexity index is 5480. The van der Waals surface area contributed by atoms with Crippen LogP contribution in [0.2, 0.25) is 0 Å². The number of piperazine rings is 1. The highest BCUT2D eigenvalue weighted by molar-refractivity contribution is 6.06. The number of aromatic nitrogens is 1. The highest BCUT2D eigenvalue weighted by Crippen LogP contribution is 2.69. The molecule has 0 unspecified atom stereocenters. The molecule has 0 radical (unpaired) electrons. The standard InChI is InChI=1S/C90H84N6O8/c1-88-62-25-18-54(69(88)33-27-62)22-32-71-70-31-23-56-16-17-61-44-58-12-6-7-14-66(58)67-35-37-89(70,80(56)77(61)67)50-90(71)63-26-19-59(73(45-63)94-87(91)92)43-53(48-97)49-103-82-78(60-24-34-72-85(90)96(39-38-93-72)86-68(46-76(88)95-86)57-13-8-11-52(41-57)42-60)81-79(74(100)47-75(104-81)55-20-29-64(98)30-21-55)83(84(82)101-2)102-40-36-65(99)28-15-51-9-4-3-5-10-51/h3-17,19-21,23,26,28-31,41,44-47,53-54,60,62,65,69-72,85,93,95,97-99H,18,25,27,33,35-40,42-43,48-50H2,1-2H3,(H4,91,92,94)/b28-15+/t53-,54+,60+,62+,65+,69+,70-,71-,72-,85-,88+,89+,90-/m1/s1. The van der Waals surface area contributed by atoms with Gasteiger partial charge in [-0.1, -0.05) is 158 Å². The zero-order chi connectivity index (χ0) is 70.3. The molecule has 10 aromatic rings. The van der Waals surface area contributed by atoms with Gasteiger partial charge >= 0.3 is 0 Å². The van der Waals surface area contributed by atoms with E-state index in [0.717, 1.165) is 84.1 Å². The number of nitrogens with two attached hydrogens (primary N) is 2. The average Bonchev–Trinajstić information content (AvgIpc) is 1.49. The molecule has 1 saturated heterocycles. The number of aliphatic hydroxyl groups excluding tert-OH is 2. The predicted octanol–water partition coefficient (Wildman–Crippen LogP) is 14.5. The van der Waals surface area contributed by atoms with Crippen LogP contribution in [0, 0.1) is 59.2 Å². The summed E-state index contributed by atoms with van der Waals surface area (Å²) in [6.45, 7) is 3.40. The van der Waals surface area contributed by atoms with Gasteiger partial charge in [0, 0.05) is 88.9 Å². The van der Waals surface area contributed by atoms with E-state index in [1.54, 1.807) is 30.3 Å². The highest BCUT2D eigenvalue weighted by Gasteiger charge is 2.68. The lowest BCUT2D eigenvalue weighted by Gasteiger charge is -2.53. The number of nitrogens with zero attached hydrogens (tertiary/aromatic N) is 2. The smallest absolute Gasteiger partial charge is 0.204 e. The molecule has 9 N–H and O–H groups in total. The van der Waals surface area contributed by atoms with Crippen molar-refractivity contribution in [2.45, 2.75) is 111 Å². The summed E-state index contributed by atoms with van der Waals surface area (Å²) in [5, 5.41) is 43.5. The summed E-state index contributed by atoms with van der Waals surface area (Å²) in [7, 11) is 1.54. The number of hydrogen-bond donors (Lipinski definition) is 7. The van der Waals surface area contributed by atoms with Crippen molar-refractivity contribution in [3.63, 3.8) is 0 Å². The van der Waals surface area contributed by atoms with E-state index in [1.165, 1.54) is 57.1 Å². The number of aliphatic hydroxyl groups is 2. The van der Waals surface area contributed by atoms with E-state index in [-0.39, 0.29) is 95.1 Å². The molecule has 5 aliphatic heterocycles. The minimum absolute atomic E-state index is 0.0390. The molecular formula is C90H84N6O8. The number of phenolic OH excluding ortho intramolecular Hbond substituents is 1. The molecule has 5 aliphatic carbocycles. The molecule has 14 nitrogen and oxygen atoms in total. The molecule has 2 spiro atoms. The minimum atomic E-state index is -0.915. The number of nitrogens with one attached hydrogen (secondary N) is 2. The predicted molar refractivity (Wildman–Crippen MR) is 411 cm³/mol. The molecule has 7 heterocycles. The van der Waals surface area contributed by atoms with Gasteiger partial charge < -0.3 is 60.6 Å². The van der Waals surface area contributed by atoms with Crippen LogP contribution >= 0.6 is 0 Å². The fraction of sp³-hybridized carbons (Fsp3) is 0.333. The molecule has 2 aromatic heterocycles. The number of fused-ring (bicyclic) bond motifs is 13. The zero-order valence-electron chi connectivity index (χ0n) is 58.6. The van der Waals surface area contributed by atoms with Crippen molar-refractivity contribution in [1.29, 1.82) is 0 Å². The SMILES string of the molecule is COc1c2c(c3oc(-c4ccc(O)cc4)cc(=O)c3c1OCC[C@@H](O)/C=C/c1ccccc1)[C@H]1C#C[C@H]3NCCN4c5[nH]c(cc5-c5cccc(c5)C1)[C@@]1(C)[C@H]5CC[C@@H](C#C[C@@H]6[C@H]7C=Cc8ccc9cc%10ccccc%10c%10c9c8[C@@]7(CC%10)C[C@]6(c6ccc(c(N=C(N)N)c6)C[C@H](CO)CO2)[C@@H]34)[C@@H]1CC5. The zero-order valence-corrected chi connectivity index (χ0v) is 58.6. The van der Waals surface area contributed by atoms with E-state index in [9.17, 15) is 15.3 Å². The van der Waals surface area contributed by atoms with Crippen molar-refractivity contribution in [3.05, 3.63) is 224 Å². The maximum absolute atomic E-state index is 15.7. The summed E-state index contributed by atoms with van der Waals surface area (Å²) in [5.74, 6) is 18.0. The third-order valence-corrected chi connectivity index (χ3v) is 25.8. The number of anilines is 1. The third kappa shape index (κ3) is 10.0. The number of ether oxygens (including phenoxy) is 3. The van der Waals surface area contributed by atoms with Gasteiger partial charge in [-0.15, -0.1) is 0 Å². The number of hydrogen-bond acceptors (Lipinski definition) is 11. The molecule has 8 aromatic carbocycles. The monoisotopic (exact) mass is 1380 g/mol. The molecule has 522 valence electrons. The van der Waals surface area contributed by atoms with Crippen molar-refractivity contribution in [1.82, 2.24) is 10.3 Å². The second-order valence-electron chi connectivity index (χ2n) is 31.1. The largest absolute Gasteiger partial charge is 0.508 e. The Morgan fingerprint density at radius 3 is 2.57 bits per heavy atom. The Morgan fingerprint density at radius 1 is 0.856 bits per heavy atom. The van der Waals surface area contributed by atoms with Gasteiger partial charge in [0.2, 0.25) is 5.75 Å². The van der Waals surface area contributed by atoms with Crippen molar-refractivity contribution in [2.24, 2.45) is 52.0 Å². The van der Waals surface area contributed by atoms with Gasteiger partial charge in [-0.05, 0) is 178 Å². The first-order chi connectivity index (χ1) is 50.8. The van der Waals surface area contributed by atoms with Crippen molar-refractivity contribution >= 4 is 62.1 Å². The second kappa shape index (κ2) is 24.9. The normalized spacial score (nSPS) is 27.3. The number of benzene rings is 8. The van der Waals surface area contributed by atoms with E-state index in [4.69, 9.17) is 35.1 Å². The Balaban J connectivity index is 0.911. The van der Waals surface area contributed by atoms with Crippen LogP contribution in [0.5, 0.6) is 23.0 Å². The lowest BCUT2D eigenvalue weighted by molar-refractivity contribution is 0.152. The van der Waals surface area contributed by atoms with Gasteiger partial charge in [0.05, 0.1) is 55.7 Å². The Kier molecular flexibility index (Phi) is 15.4. The lowest BCUT2D eigenvalue weighted by Crippen LogP contribution is -2.67. The highest BCUT2D eigenvalue weighted by atomic mass is 16.5.